The van der Waals surface area contributed by atoms with E-state index in [-0.39, 0.29) is 5.92 Å². The number of rotatable bonds is 14. The normalized spacial score (nSPS) is 19.9. The van der Waals surface area contributed by atoms with E-state index in [9.17, 15) is 0 Å². The summed E-state index contributed by atoms with van der Waals surface area (Å²) in [6.45, 7) is 15.4. The number of allylic oxidation sites excluding steroid dienone is 25. The first-order valence-corrected chi connectivity index (χ1v) is 30.7. The van der Waals surface area contributed by atoms with Crippen molar-refractivity contribution in [1.82, 2.24) is 0 Å². The van der Waals surface area contributed by atoms with Crippen molar-refractivity contribution in [1.29, 1.82) is 0 Å². The van der Waals surface area contributed by atoms with Gasteiger partial charge in [-0.05, 0) is 139 Å². The number of benzene rings is 5. The van der Waals surface area contributed by atoms with Crippen LogP contribution in [0, 0.1) is 12.8 Å². The highest BCUT2D eigenvalue weighted by Gasteiger charge is 2.39. The molecule has 0 saturated heterocycles. The average molecular weight is 1010 g/mol. The lowest BCUT2D eigenvalue weighted by molar-refractivity contribution is 0.588. The van der Waals surface area contributed by atoms with Crippen molar-refractivity contribution in [3.63, 3.8) is 0 Å². The van der Waals surface area contributed by atoms with Gasteiger partial charge < -0.3 is 9.13 Å². The second-order valence-corrected chi connectivity index (χ2v) is 27.0. The topological polar surface area (TPSA) is 34.1 Å². The lowest BCUT2D eigenvalue weighted by atomic mass is 9.95. The maximum atomic E-state index is 17.3. The summed E-state index contributed by atoms with van der Waals surface area (Å²) in [5.41, 5.74) is 7.94. The molecule has 2 nitrogen and oxygen atoms in total. The molecule has 0 amide bonds. The van der Waals surface area contributed by atoms with Gasteiger partial charge >= 0.3 is 0 Å². The zero-order valence-electron chi connectivity index (χ0n) is 43.0. The molecule has 5 aromatic carbocycles. The maximum absolute atomic E-state index is 17.3. The highest BCUT2D eigenvalue weighted by atomic mass is 31.2. The van der Waals surface area contributed by atoms with E-state index in [0.29, 0.717) is 11.7 Å². The van der Waals surface area contributed by atoms with Crippen LogP contribution in [0.1, 0.15) is 82.1 Å². The van der Waals surface area contributed by atoms with Crippen molar-refractivity contribution in [2.24, 2.45) is 5.92 Å². The first-order valence-electron chi connectivity index (χ1n) is 25.9. The zero-order valence-corrected chi connectivity index (χ0v) is 45.7. The van der Waals surface area contributed by atoms with Gasteiger partial charge in [-0.15, -0.1) is 0 Å². The molecule has 0 saturated carbocycles. The number of fused-ring (bicyclic) bond motifs is 3. The second kappa shape index (κ2) is 23.2. The standard InChI is InChI=1S/C68H67O2P3/c1-7-10-41-67(62-36-13-11-12-26-51(62)5)72(69,58(8-2)44-43-52(6)71(65-40-25-34-54-29-17-21-38-63(54)65)57-35-24-33-53-28-15-16-32-56(53)49-57)59-45-47-60(48-46-59)73(70,66(9-3)61-37-20-14-27-50(61)4)68-42-23-19-31-55-30-18-22-39-64(55)68/h8-17,19-25,27-29,31-41,43-48,51H,6-7,18,26,30,42,49H2,1-5H3/b41-10-,44-43-,58-8+,66-9+,67-62+/t51-,71?,72?,73?/m1/s1. The Hall–Kier alpha value is -6.39. The van der Waals surface area contributed by atoms with Gasteiger partial charge in [0.05, 0.1) is 0 Å². The zero-order chi connectivity index (χ0) is 51.0. The molecule has 0 spiro atoms. The minimum absolute atomic E-state index is 0.113. The SMILES string of the molecule is C=C(/C=C\C(=C/C)P(=O)(C(/C=C\CC)=C1\C=CC=CC[C@H]1C)c1ccc(P(=O)(C2=C3C=CCCC3=CC=CC2)/C(=C/C)c2ccccc2C)cc1)P(C1=CC=Cc2ccccc2C1)c1cccc2ccccc12. The molecule has 4 aliphatic carbocycles. The first-order chi connectivity index (χ1) is 35.6. The first kappa shape index (κ1) is 51.5. The minimum Gasteiger partial charge on any atom is -0.309 e. The molecule has 366 valence electrons. The van der Waals surface area contributed by atoms with Crippen LogP contribution in [0.25, 0.3) is 22.2 Å². The summed E-state index contributed by atoms with van der Waals surface area (Å²) in [6, 6.07) is 40.3. The Morgan fingerprint density at radius 2 is 1.51 bits per heavy atom. The molecule has 4 atom stereocenters. The van der Waals surface area contributed by atoms with Crippen LogP contribution in [0.5, 0.6) is 0 Å². The second-order valence-electron chi connectivity index (χ2n) is 19.2. The summed E-state index contributed by atoms with van der Waals surface area (Å²) in [5.74, 6) is 0.113. The molecule has 9 rings (SSSR count). The lowest BCUT2D eigenvalue weighted by Crippen LogP contribution is -2.16. The van der Waals surface area contributed by atoms with E-state index in [4.69, 9.17) is 6.58 Å². The Balaban J connectivity index is 1.22. The minimum atomic E-state index is -3.68. The summed E-state index contributed by atoms with van der Waals surface area (Å²) in [6.07, 6.45) is 43.6. The molecule has 4 aliphatic rings. The summed E-state index contributed by atoms with van der Waals surface area (Å²) in [4.78, 5) is 0. The van der Waals surface area contributed by atoms with Gasteiger partial charge in [0, 0.05) is 31.9 Å². The van der Waals surface area contributed by atoms with Gasteiger partial charge in [-0.1, -0.05) is 245 Å². The van der Waals surface area contributed by atoms with Crippen molar-refractivity contribution >= 4 is 60.3 Å². The molecule has 0 N–H and O–H groups in total. The third-order valence-electron chi connectivity index (χ3n) is 14.6. The third kappa shape index (κ3) is 10.4. The third-order valence-corrected chi connectivity index (χ3v) is 23.7. The van der Waals surface area contributed by atoms with Gasteiger partial charge in [0.15, 0.2) is 14.3 Å². The predicted molar refractivity (Wildman–Crippen MR) is 321 cm³/mol. The fraction of sp³-hybridized carbons (Fsp3) is 0.176. The Kier molecular flexibility index (Phi) is 16.4. The van der Waals surface area contributed by atoms with Crippen LogP contribution in [0.15, 0.2) is 268 Å². The van der Waals surface area contributed by atoms with E-state index >= 15 is 9.13 Å². The molecule has 0 heterocycles. The van der Waals surface area contributed by atoms with E-state index < -0.39 is 22.2 Å². The van der Waals surface area contributed by atoms with Crippen molar-refractivity contribution in [3.8, 4) is 0 Å². The number of hydrogen-bond donors (Lipinski definition) is 0. The monoisotopic (exact) mass is 1010 g/mol. The van der Waals surface area contributed by atoms with Gasteiger partial charge in [0.1, 0.15) is 0 Å². The number of aryl methyl sites for hydroxylation is 1. The van der Waals surface area contributed by atoms with Crippen LogP contribution in [-0.4, -0.2) is 0 Å². The van der Waals surface area contributed by atoms with Crippen LogP contribution in [0.2, 0.25) is 0 Å². The van der Waals surface area contributed by atoms with Crippen molar-refractivity contribution in [2.45, 2.75) is 73.1 Å². The molecule has 3 unspecified atom stereocenters. The van der Waals surface area contributed by atoms with E-state index in [1.54, 1.807) is 0 Å². The highest BCUT2D eigenvalue weighted by molar-refractivity contribution is 7.85. The van der Waals surface area contributed by atoms with E-state index in [1.165, 1.54) is 38.1 Å². The Morgan fingerprint density at radius 3 is 2.32 bits per heavy atom. The molecule has 0 bridgehead atoms. The van der Waals surface area contributed by atoms with E-state index in [1.807, 2.05) is 56.3 Å². The van der Waals surface area contributed by atoms with Crippen LogP contribution in [0.4, 0.5) is 0 Å². The van der Waals surface area contributed by atoms with E-state index in [0.717, 1.165) is 86.3 Å². The van der Waals surface area contributed by atoms with Crippen LogP contribution in [-0.2, 0) is 15.6 Å². The summed E-state index contributed by atoms with van der Waals surface area (Å²) in [5, 5.41) is 10.7. The molecule has 0 aromatic heterocycles. The quantitative estimate of drug-likeness (QED) is 0.0821. The van der Waals surface area contributed by atoms with Crippen molar-refractivity contribution in [2.75, 3.05) is 0 Å². The summed E-state index contributed by atoms with van der Waals surface area (Å²) in [7, 11) is -8.29. The van der Waals surface area contributed by atoms with Gasteiger partial charge in [-0.25, -0.2) is 0 Å². The van der Waals surface area contributed by atoms with Crippen molar-refractivity contribution in [3.05, 3.63) is 291 Å². The molecule has 0 fully saturated rings. The Bertz CT molecular complexity index is 3470. The lowest BCUT2D eigenvalue weighted by Gasteiger charge is -2.30. The fourth-order valence-corrected chi connectivity index (χ4v) is 19.7. The van der Waals surface area contributed by atoms with Crippen LogP contribution in [0.3, 0.4) is 0 Å². The molecule has 0 aliphatic heterocycles. The van der Waals surface area contributed by atoms with Gasteiger partial charge in [-0.2, -0.15) is 0 Å². The maximum Gasteiger partial charge on any atom is 0.170 e. The summed E-state index contributed by atoms with van der Waals surface area (Å²) >= 11 is 0. The molecule has 73 heavy (non-hydrogen) atoms. The molecule has 0 radical (unpaired) electrons. The van der Waals surface area contributed by atoms with Crippen LogP contribution < -0.4 is 15.9 Å². The van der Waals surface area contributed by atoms with Gasteiger partial charge in [0.2, 0.25) is 0 Å². The molecule has 5 heteroatoms. The average Bonchev–Trinajstić information content (AvgIpc) is 3.88. The van der Waals surface area contributed by atoms with Crippen LogP contribution >= 0.6 is 22.2 Å². The van der Waals surface area contributed by atoms with E-state index in [2.05, 4.69) is 203 Å². The number of hydrogen-bond acceptors (Lipinski definition) is 2. The predicted octanol–water partition coefficient (Wildman–Crippen LogP) is 19.0. The molecule has 5 aromatic rings. The Morgan fingerprint density at radius 1 is 0.740 bits per heavy atom. The fourth-order valence-electron chi connectivity index (χ4n) is 10.8. The summed E-state index contributed by atoms with van der Waals surface area (Å²) < 4.78 is 34.2. The molecular formula is C68H67O2P3. The van der Waals surface area contributed by atoms with Gasteiger partial charge in [0.25, 0.3) is 0 Å². The Labute approximate surface area is 436 Å². The van der Waals surface area contributed by atoms with Crippen molar-refractivity contribution < 1.29 is 9.13 Å². The smallest absolute Gasteiger partial charge is 0.170 e. The largest absolute Gasteiger partial charge is 0.309 e. The highest BCUT2D eigenvalue weighted by Crippen LogP contribution is 2.68. The molecular weight excluding hydrogens is 942 g/mol. The van der Waals surface area contributed by atoms with Gasteiger partial charge in [-0.3, -0.25) is 0 Å².